The third kappa shape index (κ3) is 6.79. The van der Waals surface area contributed by atoms with Crippen LogP contribution in [-0.2, 0) is 33.6 Å². The van der Waals surface area contributed by atoms with Crippen molar-refractivity contribution in [3.8, 4) is 0 Å². The van der Waals surface area contributed by atoms with Crippen LogP contribution >= 0.6 is 7.37 Å². The SMILES string of the molecule is CP(=O)(OCc1ccccc1)C(=O)CN(Cc1ccccc1)Cc1ccccc1. The fourth-order valence-corrected chi connectivity index (χ4v) is 4.01. The van der Waals surface area contributed by atoms with Crippen molar-refractivity contribution in [2.24, 2.45) is 0 Å². The molecule has 0 saturated heterocycles. The van der Waals surface area contributed by atoms with E-state index in [1.165, 1.54) is 6.66 Å². The van der Waals surface area contributed by atoms with Gasteiger partial charge in [0.2, 0.25) is 5.52 Å². The van der Waals surface area contributed by atoms with E-state index in [0.717, 1.165) is 16.7 Å². The molecule has 3 rings (SSSR count). The lowest BCUT2D eigenvalue weighted by molar-refractivity contribution is -0.114. The van der Waals surface area contributed by atoms with Crippen molar-refractivity contribution in [1.82, 2.24) is 4.90 Å². The fraction of sp³-hybridized carbons (Fsp3) is 0.208. The molecule has 0 bridgehead atoms. The zero-order valence-corrected chi connectivity index (χ0v) is 17.5. The molecule has 0 spiro atoms. The zero-order valence-electron chi connectivity index (χ0n) is 16.6. The Balaban J connectivity index is 1.67. The maximum atomic E-state index is 12.9. The number of benzene rings is 3. The van der Waals surface area contributed by atoms with Gasteiger partial charge in [0, 0.05) is 19.8 Å². The predicted molar refractivity (Wildman–Crippen MR) is 117 cm³/mol. The van der Waals surface area contributed by atoms with E-state index < -0.39 is 7.37 Å². The molecular formula is C24H26NO3P. The molecule has 1 unspecified atom stereocenters. The third-order valence-corrected chi connectivity index (χ3v) is 6.30. The highest BCUT2D eigenvalue weighted by atomic mass is 31.2. The Bertz CT molecular complexity index is 904. The largest absolute Gasteiger partial charge is 0.319 e. The molecule has 0 aliphatic carbocycles. The lowest BCUT2D eigenvalue weighted by Crippen LogP contribution is -2.29. The van der Waals surface area contributed by atoms with E-state index >= 15 is 0 Å². The molecule has 0 amide bonds. The monoisotopic (exact) mass is 407 g/mol. The quantitative estimate of drug-likeness (QED) is 0.426. The minimum absolute atomic E-state index is 0.0758. The van der Waals surface area contributed by atoms with Crippen molar-refractivity contribution in [1.29, 1.82) is 0 Å². The van der Waals surface area contributed by atoms with Crippen molar-refractivity contribution < 1.29 is 13.9 Å². The summed E-state index contributed by atoms with van der Waals surface area (Å²) in [6.45, 7) is 2.85. The summed E-state index contributed by atoms with van der Waals surface area (Å²) in [5.41, 5.74) is 2.74. The van der Waals surface area contributed by atoms with Gasteiger partial charge in [-0.25, -0.2) is 0 Å². The van der Waals surface area contributed by atoms with E-state index in [0.29, 0.717) is 13.1 Å². The van der Waals surface area contributed by atoms with Crippen LogP contribution in [0.2, 0.25) is 0 Å². The van der Waals surface area contributed by atoms with E-state index in [-0.39, 0.29) is 18.7 Å². The average Bonchev–Trinajstić information content (AvgIpc) is 2.74. The lowest BCUT2D eigenvalue weighted by atomic mass is 10.1. The Morgan fingerprint density at radius 3 is 1.62 bits per heavy atom. The lowest BCUT2D eigenvalue weighted by Gasteiger charge is -2.23. The molecule has 0 N–H and O–H groups in total. The number of hydrogen-bond acceptors (Lipinski definition) is 4. The Labute approximate surface area is 172 Å². The first-order valence-corrected chi connectivity index (χ1v) is 11.7. The molecule has 3 aromatic rings. The van der Waals surface area contributed by atoms with Crippen LogP contribution in [0, 0.1) is 0 Å². The summed E-state index contributed by atoms with van der Waals surface area (Å²) in [6, 6.07) is 29.4. The Hall–Kier alpha value is -2.52. The highest BCUT2D eigenvalue weighted by Crippen LogP contribution is 2.44. The van der Waals surface area contributed by atoms with Crippen LogP contribution in [0.1, 0.15) is 16.7 Å². The molecule has 1 atom stereocenters. The minimum Gasteiger partial charge on any atom is -0.319 e. The number of carbonyl (C=O) groups excluding carboxylic acids is 1. The highest BCUT2D eigenvalue weighted by molar-refractivity contribution is 7.75. The molecule has 3 aromatic carbocycles. The molecule has 0 aliphatic heterocycles. The van der Waals surface area contributed by atoms with Crippen molar-refractivity contribution in [2.45, 2.75) is 19.7 Å². The minimum atomic E-state index is -3.39. The van der Waals surface area contributed by atoms with Gasteiger partial charge >= 0.3 is 0 Å². The van der Waals surface area contributed by atoms with Gasteiger partial charge in [0.05, 0.1) is 13.2 Å². The van der Waals surface area contributed by atoms with Gasteiger partial charge < -0.3 is 4.52 Å². The Morgan fingerprint density at radius 1 is 0.759 bits per heavy atom. The van der Waals surface area contributed by atoms with Crippen LogP contribution in [0.25, 0.3) is 0 Å². The summed E-state index contributed by atoms with van der Waals surface area (Å²) in [5.74, 6) is 0. The molecule has 0 radical (unpaired) electrons. The van der Waals surface area contributed by atoms with Gasteiger partial charge in [0.15, 0.2) is 0 Å². The molecule has 29 heavy (non-hydrogen) atoms. The molecule has 0 heterocycles. The van der Waals surface area contributed by atoms with Gasteiger partial charge in [0.1, 0.15) is 0 Å². The standard InChI is InChI=1S/C24H26NO3P/c1-29(27,28-20-23-15-9-4-10-16-23)24(26)19-25(17-21-11-5-2-6-12-21)18-22-13-7-3-8-14-22/h2-16H,17-20H2,1H3. The van der Waals surface area contributed by atoms with Crippen molar-refractivity contribution in [3.63, 3.8) is 0 Å². The van der Waals surface area contributed by atoms with Crippen LogP contribution in [-0.4, -0.2) is 23.6 Å². The normalized spacial score (nSPS) is 13.2. The second-order valence-corrected chi connectivity index (χ2v) is 9.56. The van der Waals surface area contributed by atoms with E-state index in [4.69, 9.17) is 4.52 Å². The first-order chi connectivity index (χ1) is 14.0. The molecule has 4 nitrogen and oxygen atoms in total. The van der Waals surface area contributed by atoms with Crippen LogP contribution in [0.3, 0.4) is 0 Å². The third-order valence-electron chi connectivity index (χ3n) is 4.63. The van der Waals surface area contributed by atoms with Crippen molar-refractivity contribution >= 4 is 12.9 Å². The smallest absolute Gasteiger partial charge is 0.265 e. The molecule has 0 fully saturated rings. The molecule has 5 heteroatoms. The van der Waals surface area contributed by atoms with E-state index in [2.05, 4.69) is 0 Å². The molecule has 150 valence electrons. The Kier molecular flexibility index (Phi) is 7.54. The maximum Gasteiger partial charge on any atom is 0.265 e. The van der Waals surface area contributed by atoms with Crippen molar-refractivity contribution in [3.05, 3.63) is 108 Å². The van der Waals surface area contributed by atoms with Crippen molar-refractivity contribution in [2.75, 3.05) is 13.2 Å². The first kappa shape index (κ1) is 21.2. The van der Waals surface area contributed by atoms with E-state index in [1.54, 1.807) is 0 Å². The maximum absolute atomic E-state index is 12.9. The summed E-state index contributed by atoms with van der Waals surface area (Å²) in [4.78, 5) is 14.9. The highest BCUT2D eigenvalue weighted by Gasteiger charge is 2.28. The second kappa shape index (κ2) is 10.3. The summed E-state index contributed by atoms with van der Waals surface area (Å²) in [6.07, 6.45) is 0. The van der Waals surface area contributed by atoms with E-state index in [9.17, 15) is 9.36 Å². The summed E-state index contributed by atoms with van der Waals surface area (Å²) < 4.78 is 18.5. The molecular weight excluding hydrogens is 381 g/mol. The summed E-state index contributed by atoms with van der Waals surface area (Å²) in [7, 11) is -3.39. The first-order valence-electron chi connectivity index (χ1n) is 9.62. The van der Waals surface area contributed by atoms with Crippen LogP contribution in [0.5, 0.6) is 0 Å². The summed E-state index contributed by atoms with van der Waals surface area (Å²) in [5, 5.41) is 0. The van der Waals surface area contributed by atoms with E-state index in [1.807, 2.05) is 95.9 Å². The zero-order chi connectivity index (χ0) is 20.5. The van der Waals surface area contributed by atoms with Crippen LogP contribution < -0.4 is 0 Å². The number of nitrogens with zero attached hydrogens (tertiary/aromatic N) is 1. The van der Waals surface area contributed by atoms with Crippen LogP contribution in [0.15, 0.2) is 91.0 Å². The topological polar surface area (TPSA) is 46.6 Å². The van der Waals surface area contributed by atoms with Gasteiger partial charge in [0.25, 0.3) is 7.37 Å². The summed E-state index contributed by atoms with van der Waals surface area (Å²) >= 11 is 0. The number of rotatable bonds is 10. The molecule has 0 aliphatic rings. The molecule has 0 saturated carbocycles. The number of hydrogen-bond donors (Lipinski definition) is 0. The van der Waals surface area contributed by atoms with Gasteiger partial charge in [-0.15, -0.1) is 0 Å². The van der Waals surface area contributed by atoms with Gasteiger partial charge in [-0.2, -0.15) is 0 Å². The second-order valence-electron chi connectivity index (χ2n) is 7.11. The van der Waals surface area contributed by atoms with Crippen LogP contribution in [0.4, 0.5) is 0 Å². The average molecular weight is 407 g/mol. The predicted octanol–water partition coefficient (Wildman–Crippen LogP) is 5.34. The van der Waals surface area contributed by atoms with Gasteiger partial charge in [-0.1, -0.05) is 91.0 Å². The number of carbonyl (C=O) groups is 1. The van der Waals surface area contributed by atoms with Gasteiger partial charge in [-0.3, -0.25) is 14.3 Å². The van der Waals surface area contributed by atoms with Gasteiger partial charge in [-0.05, 0) is 16.7 Å². The Morgan fingerprint density at radius 2 is 1.17 bits per heavy atom. The molecule has 0 aromatic heterocycles. The fourth-order valence-electron chi connectivity index (χ4n) is 3.01.